The average Bonchev–Trinajstić information content (AvgIpc) is 2.81. The van der Waals surface area contributed by atoms with Crippen LogP contribution < -0.4 is 0 Å². The Balaban J connectivity index is 0. The first-order chi connectivity index (χ1) is 23.9. The Morgan fingerprint density at radius 2 is 0.786 bits per heavy atom. The SMILES string of the molecule is C[Si](C)(C)C(c1[c]c(C([Si](C)(C)C)[Si](C)(C)C)cc(C([Si](C)(C)C)[Si](C)(C)C)c1)[Si](C)(C)C.C[Si](C)(C)[CH][Si](C)(C)C.Cc1cc(C)c(C([S-])=N[O-])c(C)c1.[Pb+2]. The molecule has 0 aliphatic rings. The molecule has 2 aromatic rings. The summed E-state index contributed by atoms with van der Waals surface area (Å²) >= 11 is 4.86. The van der Waals surface area contributed by atoms with Gasteiger partial charge < -0.3 is 23.0 Å². The first-order valence-corrected chi connectivity index (χ1v) is 49.9. The second kappa shape index (κ2) is 21.2. The van der Waals surface area contributed by atoms with Gasteiger partial charge in [-0.05, 0) is 75.7 Å². The second-order valence-corrected chi connectivity index (χ2v) is 70.0. The van der Waals surface area contributed by atoms with Gasteiger partial charge in [0, 0.05) is 64.6 Å². The molecule has 4 radical (unpaired) electrons. The first kappa shape index (κ1) is 58.9. The summed E-state index contributed by atoms with van der Waals surface area (Å²) in [6.45, 7) is 67.4. The van der Waals surface area contributed by atoms with Crippen LogP contribution in [0.5, 0.6) is 0 Å². The summed E-state index contributed by atoms with van der Waals surface area (Å²) in [4.78, 5) is 0. The number of aryl methyl sites for hydroxylation is 3. The van der Waals surface area contributed by atoms with Crippen LogP contribution in [0.3, 0.4) is 0 Å². The average molecular weight is 1110 g/mol. The van der Waals surface area contributed by atoms with Gasteiger partial charge in [-0.15, -0.1) is 0 Å². The number of hydrogen-bond acceptors (Lipinski definition) is 3. The predicted octanol–water partition coefficient (Wildman–Crippen LogP) is 15.0. The van der Waals surface area contributed by atoms with Crippen LogP contribution in [0.1, 0.15) is 54.4 Å². The second-order valence-electron chi connectivity index (χ2n) is 25.4. The molecule has 2 nitrogen and oxygen atoms in total. The van der Waals surface area contributed by atoms with E-state index in [2.05, 4.69) is 186 Å². The number of hydrogen-bond donors (Lipinski definition) is 0. The zero-order valence-electron chi connectivity index (χ0n) is 41.9. The zero-order valence-corrected chi connectivity index (χ0v) is 54.6. The molecule has 318 valence electrons. The van der Waals surface area contributed by atoms with Crippen molar-refractivity contribution >= 4 is 110 Å². The molecule has 56 heavy (non-hydrogen) atoms. The van der Waals surface area contributed by atoms with Gasteiger partial charge in [-0.2, -0.15) is 0 Å². The van der Waals surface area contributed by atoms with Crippen molar-refractivity contribution in [3.63, 3.8) is 0 Å². The minimum absolute atomic E-state index is 0. The van der Waals surface area contributed by atoms with Gasteiger partial charge in [0.2, 0.25) is 0 Å². The molecular weight excluding hydrogens is 1020 g/mol. The Kier molecular flexibility index (Phi) is 22.3. The van der Waals surface area contributed by atoms with E-state index in [4.69, 9.17) is 12.6 Å². The van der Waals surface area contributed by atoms with Crippen molar-refractivity contribution in [2.75, 3.05) is 0 Å². The van der Waals surface area contributed by atoms with E-state index in [1.165, 1.54) is 5.56 Å². The molecule has 0 fully saturated rings. The van der Waals surface area contributed by atoms with Crippen molar-refractivity contribution in [2.24, 2.45) is 5.16 Å². The van der Waals surface area contributed by atoms with Crippen molar-refractivity contribution in [1.29, 1.82) is 0 Å². The van der Waals surface area contributed by atoms with Gasteiger partial charge in [-0.1, -0.05) is 198 Å². The van der Waals surface area contributed by atoms with Crippen LogP contribution in [0.4, 0.5) is 0 Å². The Labute approximate surface area is 384 Å². The van der Waals surface area contributed by atoms with Gasteiger partial charge in [0.25, 0.3) is 0 Å². The van der Waals surface area contributed by atoms with Gasteiger partial charge in [0.05, 0.1) is 0 Å². The number of benzene rings is 2. The number of rotatable bonds is 12. The Hall–Kier alpha value is 0.787. The Bertz CT molecular complexity index is 1370. The predicted molar refractivity (Wildman–Crippen MR) is 288 cm³/mol. The summed E-state index contributed by atoms with van der Waals surface area (Å²) in [7, 11) is -9.99. The van der Waals surface area contributed by atoms with E-state index < -0.39 is 64.6 Å². The monoisotopic (exact) mass is 1110 g/mol. The van der Waals surface area contributed by atoms with Gasteiger partial charge >= 0.3 is 27.3 Å². The quantitative estimate of drug-likeness (QED) is 0.0698. The molecule has 0 atom stereocenters. The van der Waals surface area contributed by atoms with Crippen LogP contribution in [-0.2, 0) is 12.6 Å². The van der Waals surface area contributed by atoms with Gasteiger partial charge in [-0.3, -0.25) is 0 Å². The molecule has 0 unspecified atom stereocenters. The van der Waals surface area contributed by atoms with E-state index in [1.54, 1.807) is 16.7 Å². The third-order valence-electron chi connectivity index (χ3n) is 9.92. The summed E-state index contributed by atoms with van der Waals surface area (Å²) in [6.07, 6.45) is 0. The maximum Gasteiger partial charge on any atom is 2.00 e. The van der Waals surface area contributed by atoms with Gasteiger partial charge in [0.1, 0.15) is 0 Å². The summed E-state index contributed by atoms with van der Waals surface area (Å²) < 4.78 is 0. The first-order valence-electron chi connectivity index (χ1n) is 20.8. The van der Waals surface area contributed by atoms with E-state index in [1.807, 2.05) is 32.9 Å². The normalized spacial score (nSPS) is 13.9. The molecule has 2 rings (SSSR count). The van der Waals surface area contributed by atoms with E-state index in [-0.39, 0.29) is 32.3 Å². The van der Waals surface area contributed by atoms with Crippen molar-refractivity contribution in [3.05, 3.63) is 80.2 Å². The minimum atomic E-state index is -1.39. The third kappa shape index (κ3) is 20.1. The molecule has 0 bridgehead atoms. The van der Waals surface area contributed by atoms with Crippen LogP contribution in [0.15, 0.2) is 29.4 Å². The van der Waals surface area contributed by atoms with E-state index >= 15 is 0 Å². The molecule has 0 saturated carbocycles. The van der Waals surface area contributed by atoms with Crippen LogP contribution >= 0.6 is 0 Å². The van der Waals surface area contributed by atoms with Crippen molar-refractivity contribution in [2.45, 2.75) is 193 Å². The third-order valence-corrected chi connectivity index (χ3v) is 45.0. The van der Waals surface area contributed by atoms with Crippen molar-refractivity contribution in [1.82, 2.24) is 0 Å². The molecule has 0 amide bonds. The molecule has 12 heteroatoms. The fourth-order valence-electron chi connectivity index (χ4n) is 10.7. The standard InChI is InChI=1S/C27H59Si6.C10H13NOS.C7H19Si2.Pb/c1-28(2,3)25(29(4,5)6)22-19-23(26(30(7,8)9)31(10,11)12)21-24(20-22)27(32(13,14)15)33(16,17)18;1-6-4-7(2)9(8(3)5-6)10(13)11-12;1-8(2,3)7-9(4,5)6;/h19-20,25-27H,1-18H3;4-5,12H,1-3H3,(H,11,13);7H,1-6H3;/q;;;+2/p-2. The summed E-state index contributed by atoms with van der Waals surface area (Å²) in [6, 6.07) is 13.6. The molecule has 2 aromatic carbocycles. The summed E-state index contributed by atoms with van der Waals surface area (Å²) in [5.74, 6) is 0. The van der Waals surface area contributed by atoms with Crippen LogP contribution in [-0.4, -0.2) is 96.9 Å². The van der Waals surface area contributed by atoms with E-state index in [9.17, 15) is 5.21 Å². The number of nitrogens with zero attached hydrogens (tertiary/aromatic N) is 1. The van der Waals surface area contributed by atoms with Crippen LogP contribution in [0.2, 0.25) is 157 Å². The maximum absolute atomic E-state index is 10.3. The van der Waals surface area contributed by atoms with Crippen LogP contribution in [0.25, 0.3) is 0 Å². The summed E-state index contributed by atoms with van der Waals surface area (Å²) in [5.41, 5.74) is 11.6. The molecule has 0 aliphatic carbocycles. The molecular formula is C44H89NOPbSSi8. The topological polar surface area (TPSA) is 35.4 Å². The largest absolute Gasteiger partial charge is 2.00 e. The van der Waals surface area contributed by atoms with Crippen LogP contribution in [0, 0.1) is 37.7 Å². The fraction of sp³-hybridized carbons (Fsp3) is 0.682. The summed E-state index contributed by atoms with van der Waals surface area (Å²) in [5, 5.41) is 15.6. The Morgan fingerprint density at radius 1 is 0.518 bits per heavy atom. The molecule has 0 N–H and O–H groups in total. The molecule has 0 saturated heterocycles. The van der Waals surface area contributed by atoms with Crippen molar-refractivity contribution < 1.29 is 0 Å². The van der Waals surface area contributed by atoms with E-state index in [0.717, 1.165) is 32.2 Å². The molecule has 0 aliphatic heterocycles. The van der Waals surface area contributed by atoms with E-state index in [0.29, 0.717) is 0 Å². The van der Waals surface area contributed by atoms with Crippen molar-refractivity contribution in [3.8, 4) is 0 Å². The Morgan fingerprint density at radius 3 is 0.982 bits per heavy atom. The fourth-order valence-corrected chi connectivity index (χ4v) is 59.3. The van der Waals surface area contributed by atoms with Gasteiger partial charge in [0.15, 0.2) is 0 Å². The smallest absolute Gasteiger partial charge is 0.793 e. The van der Waals surface area contributed by atoms with Gasteiger partial charge in [-0.25, -0.2) is 0 Å². The molecule has 0 spiro atoms. The molecule has 0 heterocycles. The zero-order chi connectivity index (χ0) is 44.3. The minimum Gasteiger partial charge on any atom is -0.793 e. The maximum atomic E-state index is 10.3. The molecule has 0 aromatic heterocycles.